The van der Waals surface area contributed by atoms with Gasteiger partial charge in [0.05, 0.1) is 11.9 Å². The molecule has 1 aromatic rings. The Morgan fingerprint density at radius 3 is 2.67 bits per heavy atom. The molecule has 1 aromatic heterocycles. The Bertz CT molecular complexity index is 361. The third-order valence-corrected chi connectivity index (χ3v) is 1.52. The van der Waals surface area contributed by atoms with E-state index in [0.717, 1.165) is 5.46 Å². The SMILES string of the molecule is Bc1cncc(NC(=O)OC(C)(C)C)c1. The highest BCUT2D eigenvalue weighted by molar-refractivity contribution is 6.32. The van der Waals surface area contributed by atoms with Crippen molar-refractivity contribution in [1.29, 1.82) is 0 Å². The zero-order valence-electron chi connectivity index (χ0n) is 9.50. The molecule has 0 bridgehead atoms. The minimum atomic E-state index is -0.485. The lowest BCUT2D eigenvalue weighted by molar-refractivity contribution is 0.0636. The number of aromatic nitrogens is 1. The second-order valence-electron chi connectivity index (χ2n) is 4.38. The lowest BCUT2D eigenvalue weighted by atomic mass is 9.99. The van der Waals surface area contributed by atoms with Crippen molar-refractivity contribution in [1.82, 2.24) is 4.98 Å². The third kappa shape index (κ3) is 4.49. The summed E-state index contributed by atoms with van der Waals surface area (Å²) >= 11 is 0. The molecule has 0 aromatic carbocycles. The Hall–Kier alpha value is -1.52. The van der Waals surface area contributed by atoms with Crippen LogP contribution < -0.4 is 10.8 Å². The van der Waals surface area contributed by atoms with E-state index in [0.29, 0.717) is 5.69 Å². The van der Waals surface area contributed by atoms with Gasteiger partial charge in [0.2, 0.25) is 0 Å². The van der Waals surface area contributed by atoms with Crippen molar-refractivity contribution in [2.24, 2.45) is 0 Å². The fourth-order valence-electron chi connectivity index (χ4n) is 1.04. The molecule has 0 radical (unpaired) electrons. The van der Waals surface area contributed by atoms with Crippen LogP contribution in [0, 0.1) is 0 Å². The molecule has 1 rings (SSSR count). The maximum absolute atomic E-state index is 11.4. The van der Waals surface area contributed by atoms with E-state index in [4.69, 9.17) is 4.74 Å². The number of ether oxygens (including phenoxy) is 1. The minimum absolute atomic E-state index is 0.463. The lowest BCUT2D eigenvalue weighted by Crippen LogP contribution is -2.27. The Labute approximate surface area is 90.5 Å². The molecule has 1 N–H and O–H groups in total. The van der Waals surface area contributed by atoms with E-state index < -0.39 is 11.7 Å². The Balaban J connectivity index is 2.59. The number of nitrogens with zero attached hydrogens (tertiary/aromatic N) is 1. The van der Waals surface area contributed by atoms with Crippen molar-refractivity contribution < 1.29 is 9.53 Å². The van der Waals surface area contributed by atoms with Gasteiger partial charge >= 0.3 is 6.09 Å². The van der Waals surface area contributed by atoms with Gasteiger partial charge in [-0.1, -0.05) is 5.46 Å². The number of pyridine rings is 1. The standard InChI is InChI=1S/C10H15BN2O2/c1-10(2,3)15-9(14)13-8-4-7(11)5-12-6-8/h4-6H,11H2,1-3H3,(H,13,14). The van der Waals surface area contributed by atoms with E-state index in [9.17, 15) is 4.79 Å². The summed E-state index contributed by atoms with van der Waals surface area (Å²) < 4.78 is 5.10. The number of carbonyl (C=O) groups is 1. The topological polar surface area (TPSA) is 51.2 Å². The Morgan fingerprint density at radius 1 is 1.47 bits per heavy atom. The number of hydrogen-bond acceptors (Lipinski definition) is 3. The molecular weight excluding hydrogens is 191 g/mol. The van der Waals surface area contributed by atoms with Gasteiger partial charge in [0.1, 0.15) is 13.4 Å². The number of anilines is 1. The summed E-state index contributed by atoms with van der Waals surface area (Å²) in [6.45, 7) is 5.46. The molecule has 80 valence electrons. The number of nitrogens with one attached hydrogen (secondary N) is 1. The molecule has 4 nitrogen and oxygen atoms in total. The smallest absolute Gasteiger partial charge is 0.412 e. The maximum atomic E-state index is 11.4. The number of hydrogen-bond donors (Lipinski definition) is 1. The molecular formula is C10H15BN2O2. The monoisotopic (exact) mass is 206 g/mol. The highest BCUT2D eigenvalue weighted by Gasteiger charge is 2.16. The normalized spacial score (nSPS) is 10.9. The molecule has 1 amide bonds. The van der Waals surface area contributed by atoms with Crippen molar-refractivity contribution in [3.8, 4) is 0 Å². The van der Waals surface area contributed by atoms with Crippen LogP contribution in [0.1, 0.15) is 20.8 Å². The fraction of sp³-hybridized carbons (Fsp3) is 0.400. The molecule has 0 aliphatic carbocycles. The van der Waals surface area contributed by atoms with Gasteiger partial charge in [0.15, 0.2) is 0 Å². The summed E-state index contributed by atoms with van der Waals surface area (Å²) in [6, 6.07) is 1.83. The summed E-state index contributed by atoms with van der Waals surface area (Å²) in [6.07, 6.45) is 2.84. The van der Waals surface area contributed by atoms with Crippen LogP contribution >= 0.6 is 0 Å². The van der Waals surface area contributed by atoms with Crippen LogP contribution in [0.25, 0.3) is 0 Å². The molecule has 0 unspecified atom stereocenters. The number of rotatable bonds is 1. The second kappa shape index (κ2) is 4.34. The molecule has 0 aliphatic heterocycles. The van der Waals surface area contributed by atoms with Gasteiger partial charge in [-0.2, -0.15) is 0 Å². The van der Waals surface area contributed by atoms with Crippen LogP contribution in [0.2, 0.25) is 0 Å². The zero-order valence-corrected chi connectivity index (χ0v) is 9.50. The first-order chi connectivity index (χ1) is 6.87. The number of carbonyl (C=O) groups excluding carboxylic acids is 1. The minimum Gasteiger partial charge on any atom is -0.444 e. The number of amides is 1. The molecule has 0 saturated heterocycles. The fourth-order valence-corrected chi connectivity index (χ4v) is 1.04. The van der Waals surface area contributed by atoms with E-state index in [1.165, 1.54) is 0 Å². The van der Waals surface area contributed by atoms with Gasteiger partial charge in [-0.15, -0.1) is 0 Å². The highest BCUT2D eigenvalue weighted by atomic mass is 16.6. The maximum Gasteiger partial charge on any atom is 0.412 e. The van der Waals surface area contributed by atoms with Crippen LogP contribution in [0.4, 0.5) is 10.5 Å². The molecule has 5 heteroatoms. The average molecular weight is 206 g/mol. The summed E-state index contributed by atoms with van der Waals surface area (Å²) in [5.41, 5.74) is 1.15. The van der Waals surface area contributed by atoms with Crippen molar-refractivity contribution >= 4 is 25.1 Å². The van der Waals surface area contributed by atoms with Gasteiger partial charge in [-0.05, 0) is 26.8 Å². The van der Waals surface area contributed by atoms with E-state index in [-0.39, 0.29) is 0 Å². The van der Waals surface area contributed by atoms with E-state index in [1.54, 1.807) is 12.4 Å². The van der Waals surface area contributed by atoms with Gasteiger partial charge < -0.3 is 4.74 Å². The Kier molecular flexibility index (Phi) is 3.34. The van der Waals surface area contributed by atoms with Crippen LogP contribution in [0.3, 0.4) is 0 Å². The Morgan fingerprint density at radius 2 is 2.13 bits per heavy atom. The molecule has 15 heavy (non-hydrogen) atoms. The molecule has 0 fully saturated rings. The van der Waals surface area contributed by atoms with Crippen molar-refractivity contribution in [3.63, 3.8) is 0 Å². The summed E-state index contributed by atoms with van der Waals surface area (Å²) in [4.78, 5) is 15.3. The lowest BCUT2D eigenvalue weighted by Gasteiger charge is -2.19. The van der Waals surface area contributed by atoms with E-state index in [1.807, 2.05) is 34.7 Å². The molecule has 1 heterocycles. The largest absolute Gasteiger partial charge is 0.444 e. The average Bonchev–Trinajstić information content (AvgIpc) is 1.99. The van der Waals surface area contributed by atoms with Crippen LogP contribution in [0.5, 0.6) is 0 Å². The van der Waals surface area contributed by atoms with E-state index in [2.05, 4.69) is 10.3 Å². The van der Waals surface area contributed by atoms with E-state index >= 15 is 0 Å². The van der Waals surface area contributed by atoms with Gasteiger partial charge in [0, 0.05) is 6.20 Å². The first-order valence-corrected chi connectivity index (χ1v) is 4.78. The van der Waals surface area contributed by atoms with Gasteiger partial charge in [0.25, 0.3) is 0 Å². The van der Waals surface area contributed by atoms with Crippen molar-refractivity contribution in [3.05, 3.63) is 18.5 Å². The summed E-state index contributed by atoms with van der Waals surface area (Å²) in [5, 5.41) is 2.62. The first-order valence-electron chi connectivity index (χ1n) is 4.78. The highest BCUT2D eigenvalue weighted by Crippen LogP contribution is 2.09. The van der Waals surface area contributed by atoms with Crippen LogP contribution in [0.15, 0.2) is 18.5 Å². The van der Waals surface area contributed by atoms with Crippen molar-refractivity contribution in [2.45, 2.75) is 26.4 Å². The molecule has 0 spiro atoms. The zero-order chi connectivity index (χ0) is 11.5. The second-order valence-corrected chi connectivity index (χ2v) is 4.38. The molecule has 0 aliphatic rings. The van der Waals surface area contributed by atoms with Crippen molar-refractivity contribution in [2.75, 3.05) is 5.32 Å². The van der Waals surface area contributed by atoms with Crippen LogP contribution in [-0.4, -0.2) is 24.5 Å². The predicted octanol–water partition coefficient (Wildman–Crippen LogP) is 0.687. The van der Waals surface area contributed by atoms with Crippen LogP contribution in [-0.2, 0) is 4.74 Å². The summed E-state index contributed by atoms with van der Waals surface area (Å²) in [7, 11) is 1.91. The third-order valence-electron chi connectivity index (χ3n) is 1.52. The van der Waals surface area contributed by atoms with Gasteiger partial charge in [-0.25, -0.2) is 4.79 Å². The predicted molar refractivity (Wildman–Crippen MR) is 62.3 cm³/mol. The summed E-state index contributed by atoms with van der Waals surface area (Å²) in [5.74, 6) is 0. The first kappa shape index (κ1) is 11.6. The quantitative estimate of drug-likeness (QED) is 0.687. The molecule has 0 atom stereocenters. The molecule has 0 saturated carbocycles. The van der Waals surface area contributed by atoms with Gasteiger partial charge in [-0.3, -0.25) is 10.3 Å².